The molecule has 1 rings (SSSR count). The van der Waals surface area contributed by atoms with Crippen molar-refractivity contribution in [1.29, 1.82) is 0 Å². The van der Waals surface area contributed by atoms with Crippen LogP contribution >= 0.6 is 0 Å². The van der Waals surface area contributed by atoms with E-state index in [1.807, 2.05) is 0 Å². The van der Waals surface area contributed by atoms with Crippen LogP contribution in [0.3, 0.4) is 0 Å². The average molecular weight is 256 g/mol. The van der Waals surface area contributed by atoms with Gasteiger partial charge in [0.05, 0.1) is 18.7 Å². The molecule has 0 bridgehead atoms. The molecule has 0 radical (unpaired) electrons. The molecule has 2 amide bonds. The number of rotatable bonds is 3. The van der Waals surface area contributed by atoms with Crippen LogP contribution in [0.2, 0.25) is 0 Å². The number of hydrogen-bond acceptors (Lipinski definition) is 7. The van der Waals surface area contributed by atoms with Crippen molar-refractivity contribution in [3.05, 3.63) is 0 Å². The van der Waals surface area contributed by atoms with E-state index in [2.05, 4.69) is 10.9 Å². The van der Waals surface area contributed by atoms with Crippen molar-refractivity contribution in [2.45, 2.75) is 18.6 Å². The van der Waals surface area contributed by atoms with Crippen LogP contribution in [-0.4, -0.2) is 40.2 Å². The Hall–Kier alpha value is -0.0300. The number of aliphatic carboxylic acids is 1. The quantitative estimate of drug-likeness (QED) is 0.340. The van der Waals surface area contributed by atoms with Gasteiger partial charge in [0, 0.05) is 0 Å². The number of primary amides is 1. The standard InChI is InChI=1S/C6H13N5O3S.Na/c1-3-10(2-4(12)13)9-6(15)11(3)8-5(7)14;/h3,6,9,15H,2H2,1H3,(H,12,13)(H3,7,8,14);/q;+1/p-2. The number of nitrogens with two attached hydrogens (primary N) is 1. The third-order valence-corrected chi connectivity index (χ3v) is 2.25. The van der Waals surface area contributed by atoms with E-state index in [1.54, 1.807) is 6.92 Å². The van der Waals surface area contributed by atoms with Crippen molar-refractivity contribution in [3.8, 4) is 0 Å². The Morgan fingerprint density at radius 3 is 2.62 bits per heavy atom. The van der Waals surface area contributed by atoms with Gasteiger partial charge in [-0.1, -0.05) is 0 Å². The predicted molar refractivity (Wildman–Crippen MR) is 50.0 cm³/mol. The largest absolute Gasteiger partial charge is 1.00 e. The van der Waals surface area contributed by atoms with Crippen LogP contribution in [0.15, 0.2) is 0 Å². The number of amides is 2. The second kappa shape index (κ2) is 6.64. The molecule has 16 heavy (non-hydrogen) atoms. The fourth-order valence-corrected chi connectivity index (χ4v) is 1.62. The van der Waals surface area contributed by atoms with E-state index in [0.29, 0.717) is 0 Å². The minimum Gasteiger partial charge on any atom is -0.755 e. The molecule has 86 valence electrons. The van der Waals surface area contributed by atoms with Crippen molar-refractivity contribution in [2.24, 2.45) is 5.73 Å². The molecule has 10 heteroatoms. The number of hydrazine groups is 2. The third kappa shape index (κ3) is 4.09. The van der Waals surface area contributed by atoms with Crippen LogP contribution in [-0.2, 0) is 17.4 Å². The Bertz CT molecular complexity index is 281. The summed E-state index contributed by atoms with van der Waals surface area (Å²) in [6, 6.07) is -0.756. The molecule has 1 aliphatic rings. The molecule has 0 saturated carbocycles. The van der Waals surface area contributed by atoms with Gasteiger partial charge in [-0.25, -0.2) is 14.8 Å². The first-order chi connectivity index (χ1) is 6.91. The van der Waals surface area contributed by atoms with Gasteiger partial charge in [-0.3, -0.25) is 10.9 Å². The average Bonchev–Trinajstić information content (AvgIpc) is 2.31. The SMILES string of the molecule is CC1N(CC(=O)[O-])NC([S-])N1NC(N)=O.[Na+]. The number of nitrogens with one attached hydrogen (secondary N) is 2. The van der Waals surface area contributed by atoms with E-state index in [1.165, 1.54) is 10.0 Å². The van der Waals surface area contributed by atoms with Crippen LogP contribution in [0.1, 0.15) is 6.92 Å². The molecule has 1 heterocycles. The zero-order valence-electron chi connectivity index (χ0n) is 8.97. The van der Waals surface area contributed by atoms with Crippen LogP contribution in [0.25, 0.3) is 0 Å². The van der Waals surface area contributed by atoms with E-state index in [9.17, 15) is 14.7 Å². The Balaban J connectivity index is 0.00000225. The summed E-state index contributed by atoms with van der Waals surface area (Å²) in [6.07, 6.45) is -0.419. The molecule has 8 nitrogen and oxygen atoms in total. The van der Waals surface area contributed by atoms with Gasteiger partial charge in [0.15, 0.2) is 0 Å². The summed E-state index contributed by atoms with van der Waals surface area (Å²) in [5.74, 6) is -1.24. The molecule has 2 atom stereocenters. The summed E-state index contributed by atoms with van der Waals surface area (Å²) in [5.41, 5.74) is 9.25. The Labute approximate surface area is 120 Å². The smallest absolute Gasteiger partial charge is 0.755 e. The number of nitrogens with zero attached hydrogens (tertiary/aromatic N) is 2. The molecule has 1 aliphatic heterocycles. The topological polar surface area (TPSA) is 114 Å². The van der Waals surface area contributed by atoms with Crippen LogP contribution in [0, 0.1) is 0 Å². The van der Waals surface area contributed by atoms with E-state index in [4.69, 9.17) is 18.4 Å². The Morgan fingerprint density at radius 1 is 1.62 bits per heavy atom. The van der Waals surface area contributed by atoms with E-state index >= 15 is 0 Å². The second-order valence-electron chi connectivity index (χ2n) is 3.00. The molecular weight excluding hydrogens is 245 g/mol. The molecule has 0 aromatic rings. The van der Waals surface area contributed by atoms with Gasteiger partial charge in [0.1, 0.15) is 0 Å². The summed E-state index contributed by atoms with van der Waals surface area (Å²) < 4.78 is 0. The molecule has 1 fully saturated rings. The van der Waals surface area contributed by atoms with E-state index in [-0.39, 0.29) is 36.1 Å². The molecule has 1 saturated heterocycles. The second-order valence-corrected chi connectivity index (χ2v) is 3.44. The first-order valence-corrected chi connectivity index (χ1v) is 4.62. The number of hydrogen-bond donors (Lipinski definition) is 3. The molecule has 0 aliphatic carbocycles. The van der Waals surface area contributed by atoms with Crippen molar-refractivity contribution >= 4 is 24.6 Å². The maximum atomic E-state index is 10.6. The summed E-state index contributed by atoms with van der Waals surface area (Å²) >= 11 is 4.94. The van der Waals surface area contributed by atoms with Gasteiger partial charge in [-0.2, -0.15) is 0 Å². The van der Waals surface area contributed by atoms with E-state index in [0.717, 1.165) is 0 Å². The van der Waals surface area contributed by atoms with Gasteiger partial charge >= 0.3 is 35.6 Å². The maximum absolute atomic E-state index is 10.6. The van der Waals surface area contributed by atoms with Crippen LogP contribution in [0.5, 0.6) is 0 Å². The monoisotopic (exact) mass is 256 g/mol. The molecule has 0 spiro atoms. The van der Waals surface area contributed by atoms with Gasteiger partial charge in [-0.15, -0.1) is 0 Å². The molecular formula is C6H11N5NaO3S-. The number of carbonyl (C=O) groups is 2. The first-order valence-electron chi connectivity index (χ1n) is 4.14. The van der Waals surface area contributed by atoms with Crippen molar-refractivity contribution < 1.29 is 44.3 Å². The Morgan fingerprint density at radius 2 is 2.19 bits per heavy atom. The van der Waals surface area contributed by atoms with Gasteiger partial charge in [0.25, 0.3) is 0 Å². The molecule has 0 aromatic carbocycles. The van der Waals surface area contributed by atoms with Crippen molar-refractivity contribution in [1.82, 2.24) is 20.9 Å². The summed E-state index contributed by atoms with van der Waals surface area (Å²) in [5, 5.41) is 13.0. The van der Waals surface area contributed by atoms with Gasteiger partial charge < -0.3 is 28.3 Å². The van der Waals surface area contributed by atoms with Crippen molar-refractivity contribution in [2.75, 3.05) is 6.54 Å². The molecule has 4 N–H and O–H groups in total. The maximum Gasteiger partial charge on any atom is 1.00 e. The fourth-order valence-electron chi connectivity index (χ4n) is 1.25. The minimum absolute atomic E-state index is 0. The zero-order valence-corrected chi connectivity index (χ0v) is 11.8. The van der Waals surface area contributed by atoms with Crippen LogP contribution < -0.4 is 51.2 Å². The van der Waals surface area contributed by atoms with Crippen LogP contribution in [0.4, 0.5) is 4.79 Å². The number of urea groups is 1. The molecule has 0 aromatic heterocycles. The first kappa shape index (κ1) is 16.0. The predicted octanol–water partition coefficient (Wildman–Crippen LogP) is -6.38. The summed E-state index contributed by atoms with van der Waals surface area (Å²) in [7, 11) is 0. The fraction of sp³-hybridized carbons (Fsp3) is 0.667. The Kier molecular flexibility index (Phi) is 6.63. The van der Waals surface area contributed by atoms with Gasteiger partial charge in [-0.05, 0) is 12.4 Å². The minimum atomic E-state index is -1.24. The van der Waals surface area contributed by atoms with Gasteiger partial charge in [0.2, 0.25) is 0 Å². The normalized spacial score (nSPS) is 26.1. The third-order valence-electron chi connectivity index (χ3n) is 1.92. The number of carboxylic acid groups (broad SMARTS) is 1. The number of carboxylic acids is 1. The molecule has 2 unspecified atom stereocenters. The summed E-state index contributed by atoms with van der Waals surface area (Å²) in [6.45, 7) is 1.34. The van der Waals surface area contributed by atoms with Crippen molar-refractivity contribution in [3.63, 3.8) is 0 Å². The number of carbonyl (C=O) groups excluding carboxylic acids is 2. The zero-order chi connectivity index (χ0) is 11.6. The van der Waals surface area contributed by atoms with E-state index < -0.39 is 23.7 Å². The summed E-state index contributed by atoms with van der Waals surface area (Å²) in [4.78, 5) is 21.0.